The Kier molecular flexibility index (Phi) is 7.75. The van der Waals surface area contributed by atoms with Crippen LogP contribution < -0.4 is 0 Å². The van der Waals surface area contributed by atoms with Crippen LogP contribution in [0, 0.1) is 0 Å². The highest BCUT2D eigenvalue weighted by atomic mass is 19.4. The number of hydrogen-bond donors (Lipinski definition) is 0. The van der Waals surface area contributed by atoms with Gasteiger partial charge in [-0.25, -0.2) is 4.39 Å². The highest BCUT2D eigenvalue weighted by molar-refractivity contribution is 4.57. The summed E-state index contributed by atoms with van der Waals surface area (Å²) in [5, 5.41) is 0. The van der Waals surface area contributed by atoms with Gasteiger partial charge in [0.15, 0.2) is 0 Å². The minimum atomic E-state index is -4.21. The molecule has 0 saturated heterocycles. The lowest BCUT2D eigenvalue weighted by Crippen LogP contribution is -2.09. The zero-order chi connectivity index (χ0) is 11.1. The molecule has 0 aromatic rings. The second-order valence-electron chi connectivity index (χ2n) is 2.27. The monoisotopic (exact) mass is 208 g/mol. The maximum Gasteiger partial charge on any atom is 0.389 e. The standard InChI is InChI=1S/C5H8F4.C2H2F2/c1-4(6)2-3-5(7,8)9;1-2(3)4/h4H,2-3H2,1H3;1H2. The van der Waals surface area contributed by atoms with Crippen molar-refractivity contribution in [1.29, 1.82) is 0 Å². The molecule has 80 valence electrons. The molecule has 1 unspecified atom stereocenters. The molecule has 0 spiro atoms. The fourth-order valence-electron chi connectivity index (χ4n) is 0.363. The van der Waals surface area contributed by atoms with Gasteiger partial charge in [0.2, 0.25) is 0 Å². The van der Waals surface area contributed by atoms with E-state index in [2.05, 4.69) is 6.58 Å². The summed E-state index contributed by atoms with van der Waals surface area (Å²) in [5.74, 6) is 0. The number of halogens is 6. The van der Waals surface area contributed by atoms with Gasteiger partial charge in [0.1, 0.15) is 0 Å². The first-order valence-corrected chi connectivity index (χ1v) is 3.36. The van der Waals surface area contributed by atoms with Gasteiger partial charge < -0.3 is 0 Å². The van der Waals surface area contributed by atoms with Crippen LogP contribution in [0.3, 0.4) is 0 Å². The van der Waals surface area contributed by atoms with Gasteiger partial charge in [0, 0.05) is 6.42 Å². The summed E-state index contributed by atoms with van der Waals surface area (Å²) < 4.78 is 65.8. The molecule has 0 aromatic heterocycles. The predicted molar refractivity (Wildman–Crippen MR) is 37.2 cm³/mol. The Hall–Kier alpha value is -0.680. The van der Waals surface area contributed by atoms with Gasteiger partial charge in [-0.3, -0.25) is 0 Å². The van der Waals surface area contributed by atoms with Crippen LogP contribution in [0.5, 0.6) is 0 Å². The molecule has 0 fully saturated rings. The molecule has 0 bridgehead atoms. The zero-order valence-electron chi connectivity index (χ0n) is 6.97. The van der Waals surface area contributed by atoms with Crippen molar-refractivity contribution in [2.45, 2.75) is 32.1 Å². The third kappa shape index (κ3) is 34.7. The average molecular weight is 208 g/mol. The third-order valence-corrected chi connectivity index (χ3v) is 0.826. The number of alkyl halides is 4. The molecule has 0 aliphatic heterocycles. The first-order chi connectivity index (χ1) is 5.65. The quantitative estimate of drug-likeness (QED) is 0.599. The van der Waals surface area contributed by atoms with Gasteiger partial charge >= 0.3 is 6.18 Å². The van der Waals surface area contributed by atoms with Gasteiger partial charge in [0.25, 0.3) is 6.08 Å². The fourth-order valence-corrected chi connectivity index (χ4v) is 0.363. The molecular weight excluding hydrogens is 198 g/mol. The lowest BCUT2D eigenvalue weighted by Gasteiger charge is -2.05. The van der Waals surface area contributed by atoms with Gasteiger partial charge in [0.05, 0.1) is 6.17 Å². The summed E-state index contributed by atoms with van der Waals surface area (Å²) in [5.41, 5.74) is 0. The second kappa shape index (κ2) is 6.80. The molecule has 0 rings (SSSR count). The van der Waals surface area contributed by atoms with Crippen molar-refractivity contribution >= 4 is 0 Å². The van der Waals surface area contributed by atoms with E-state index in [0.717, 1.165) is 6.92 Å². The summed E-state index contributed by atoms with van der Waals surface area (Å²) in [4.78, 5) is 0. The second-order valence-corrected chi connectivity index (χ2v) is 2.27. The van der Waals surface area contributed by atoms with Crippen LogP contribution in [0.4, 0.5) is 26.3 Å². The maximum absolute atomic E-state index is 11.7. The smallest absolute Gasteiger partial charge is 0.248 e. The molecule has 13 heavy (non-hydrogen) atoms. The lowest BCUT2D eigenvalue weighted by atomic mass is 10.2. The Morgan fingerprint density at radius 2 is 1.62 bits per heavy atom. The number of rotatable bonds is 2. The molecule has 0 heterocycles. The van der Waals surface area contributed by atoms with Crippen molar-refractivity contribution in [3.63, 3.8) is 0 Å². The molecule has 0 amide bonds. The summed E-state index contributed by atoms with van der Waals surface area (Å²) in [7, 11) is 0. The minimum absolute atomic E-state index is 0.427. The highest BCUT2D eigenvalue weighted by Crippen LogP contribution is 2.22. The molecule has 0 aromatic carbocycles. The molecule has 6 heteroatoms. The minimum Gasteiger partial charge on any atom is -0.248 e. The van der Waals surface area contributed by atoms with Gasteiger partial charge in [-0.15, -0.1) is 0 Å². The molecule has 0 saturated carbocycles. The molecule has 0 nitrogen and oxygen atoms in total. The van der Waals surface area contributed by atoms with Gasteiger partial charge in [-0.05, 0) is 19.9 Å². The van der Waals surface area contributed by atoms with E-state index in [9.17, 15) is 26.3 Å². The predicted octanol–water partition coefficient (Wildman–Crippen LogP) is 4.08. The van der Waals surface area contributed by atoms with E-state index < -0.39 is 31.3 Å². The van der Waals surface area contributed by atoms with E-state index >= 15 is 0 Å². The molecule has 0 radical (unpaired) electrons. The summed E-state index contributed by atoms with van der Waals surface area (Å²) >= 11 is 0. The normalized spacial score (nSPS) is 12.8. The Balaban J connectivity index is 0. The summed E-state index contributed by atoms with van der Waals surface area (Å²) in [6.07, 6.45) is -8.85. The molecule has 0 N–H and O–H groups in total. The number of hydrogen-bond acceptors (Lipinski definition) is 0. The Labute approximate surface area is 72.2 Å². The first kappa shape index (κ1) is 14.8. The van der Waals surface area contributed by atoms with Crippen molar-refractivity contribution in [2.24, 2.45) is 0 Å². The van der Waals surface area contributed by atoms with Crippen molar-refractivity contribution in [1.82, 2.24) is 0 Å². The highest BCUT2D eigenvalue weighted by Gasteiger charge is 2.27. The molecule has 1 atom stereocenters. The maximum atomic E-state index is 11.7. The molecular formula is C7H10F6. The van der Waals surface area contributed by atoms with E-state index in [1.54, 1.807) is 0 Å². The topological polar surface area (TPSA) is 0 Å². The van der Waals surface area contributed by atoms with Crippen molar-refractivity contribution in [2.75, 3.05) is 0 Å². The summed E-state index contributed by atoms with van der Waals surface area (Å²) in [6.45, 7) is 3.34. The van der Waals surface area contributed by atoms with Crippen molar-refractivity contribution in [3.8, 4) is 0 Å². The van der Waals surface area contributed by atoms with E-state index in [4.69, 9.17) is 0 Å². The first-order valence-electron chi connectivity index (χ1n) is 3.36. The Morgan fingerprint density at radius 3 is 1.69 bits per heavy atom. The molecule has 0 aliphatic carbocycles. The van der Waals surface area contributed by atoms with E-state index in [1.807, 2.05) is 0 Å². The van der Waals surface area contributed by atoms with Gasteiger partial charge in [-0.2, -0.15) is 22.0 Å². The summed E-state index contributed by atoms with van der Waals surface area (Å²) in [6, 6.07) is 0. The Bertz CT molecular complexity index is 132. The van der Waals surface area contributed by atoms with Crippen LogP contribution in [0.2, 0.25) is 0 Å². The average Bonchev–Trinajstić information content (AvgIpc) is 1.80. The third-order valence-electron chi connectivity index (χ3n) is 0.826. The van der Waals surface area contributed by atoms with Crippen LogP contribution >= 0.6 is 0 Å². The van der Waals surface area contributed by atoms with E-state index in [0.29, 0.717) is 0 Å². The van der Waals surface area contributed by atoms with Crippen LogP contribution in [-0.4, -0.2) is 12.3 Å². The van der Waals surface area contributed by atoms with Crippen LogP contribution in [0.25, 0.3) is 0 Å². The van der Waals surface area contributed by atoms with Crippen LogP contribution in [0.15, 0.2) is 12.7 Å². The Morgan fingerprint density at radius 1 is 1.31 bits per heavy atom. The van der Waals surface area contributed by atoms with Gasteiger partial charge in [-0.1, -0.05) is 0 Å². The largest absolute Gasteiger partial charge is 0.389 e. The van der Waals surface area contributed by atoms with E-state index in [1.165, 1.54) is 0 Å². The molecule has 0 aliphatic rings. The SMILES string of the molecule is C=C(F)F.CC(F)CCC(F)(F)F. The van der Waals surface area contributed by atoms with Crippen molar-refractivity contribution < 1.29 is 26.3 Å². The van der Waals surface area contributed by atoms with Crippen molar-refractivity contribution in [3.05, 3.63) is 12.7 Å². The lowest BCUT2D eigenvalue weighted by molar-refractivity contribution is -0.137. The zero-order valence-corrected chi connectivity index (χ0v) is 6.97. The fraction of sp³-hybridized carbons (Fsp3) is 0.714. The van der Waals surface area contributed by atoms with E-state index in [-0.39, 0.29) is 0 Å². The van der Waals surface area contributed by atoms with Crippen LogP contribution in [0.1, 0.15) is 19.8 Å². The van der Waals surface area contributed by atoms with Crippen LogP contribution in [-0.2, 0) is 0 Å².